The maximum atomic E-state index is 3.75. The lowest BCUT2D eigenvalue weighted by Crippen LogP contribution is -1.80. The van der Waals surface area contributed by atoms with Gasteiger partial charge < -0.3 is 0 Å². The molecule has 0 radical (unpaired) electrons. The third-order valence-corrected chi connectivity index (χ3v) is 1.71. The molecular weight excluding hydrogens is 264 g/mol. The second-order valence-corrected chi connectivity index (χ2v) is 2.99. The molecule has 0 heteroatoms. The lowest BCUT2D eigenvalue weighted by atomic mass is 10.1. The van der Waals surface area contributed by atoms with Crippen LogP contribution in [0, 0.1) is 0 Å². The smallest absolute Gasteiger partial charge is 0.00670 e. The zero-order valence-corrected chi connectivity index (χ0v) is 16.9. The Morgan fingerprint density at radius 1 is 0.682 bits per heavy atom. The molecule has 0 fully saturated rings. The van der Waals surface area contributed by atoms with Gasteiger partial charge in [0.15, 0.2) is 0 Å². The maximum absolute atomic E-state index is 3.75. The fourth-order valence-electron chi connectivity index (χ4n) is 1.03. The molecule has 0 aromatic rings. The Morgan fingerprint density at radius 2 is 1.14 bits per heavy atom. The molecule has 130 valence electrons. The summed E-state index contributed by atoms with van der Waals surface area (Å²) < 4.78 is 0. The number of hydrogen-bond acceptors (Lipinski definition) is 0. The van der Waals surface area contributed by atoms with E-state index >= 15 is 0 Å². The van der Waals surface area contributed by atoms with Gasteiger partial charge in [-0.3, -0.25) is 0 Å². The van der Waals surface area contributed by atoms with Gasteiger partial charge in [-0.1, -0.05) is 123 Å². The van der Waals surface area contributed by atoms with E-state index in [9.17, 15) is 0 Å². The lowest BCUT2D eigenvalue weighted by molar-refractivity contribution is 1.15. The van der Waals surface area contributed by atoms with Gasteiger partial charge >= 0.3 is 0 Å². The second kappa shape index (κ2) is 42.7. The van der Waals surface area contributed by atoms with Crippen LogP contribution in [0.5, 0.6) is 0 Å². The molecular formula is C22H42. The van der Waals surface area contributed by atoms with Crippen LogP contribution in [-0.2, 0) is 0 Å². The standard InChI is InChI=1S/C14H18.4C2H6/c1-5-8-9-11-13(4)12-14(7-3)10-6-2;4*1-2/h5-11H,1-3,12H2,4H3;4*1-2H3/b9-8-,13-11+,14-10+;;;;. The number of hydrogen-bond donors (Lipinski definition) is 0. The van der Waals surface area contributed by atoms with Gasteiger partial charge in [0.2, 0.25) is 0 Å². The minimum atomic E-state index is 0.914. The fourth-order valence-corrected chi connectivity index (χ4v) is 1.03. The topological polar surface area (TPSA) is 0 Å². The van der Waals surface area contributed by atoms with Gasteiger partial charge in [-0.15, -0.1) is 0 Å². The van der Waals surface area contributed by atoms with Crippen LogP contribution in [-0.4, -0.2) is 0 Å². The van der Waals surface area contributed by atoms with Crippen LogP contribution in [0.1, 0.15) is 68.7 Å². The lowest BCUT2D eigenvalue weighted by Gasteiger charge is -2.00. The first kappa shape index (κ1) is 32.4. The average Bonchev–Trinajstić information content (AvgIpc) is 2.62. The van der Waals surface area contributed by atoms with Crippen LogP contribution in [0.4, 0.5) is 0 Å². The molecule has 0 spiro atoms. The Morgan fingerprint density at radius 3 is 1.45 bits per heavy atom. The van der Waals surface area contributed by atoms with Crippen LogP contribution in [0.15, 0.2) is 73.4 Å². The van der Waals surface area contributed by atoms with Crippen molar-refractivity contribution >= 4 is 0 Å². The van der Waals surface area contributed by atoms with Crippen LogP contribution in [0.2, 0.25) is 0 Å². The summed E-state index contributed by atoms with van der Waals surface area (Å²) in [5.74, 6) is 0. The van der Waals surface area contributed by atoms with Crippen molar-refractivity contribution in [3.05, 3.63) is 73.4 Å². The molecule has 0 aromatic heterocycles. The third kappa shape index (κ3) is 36.2. The van der Waals surface area contributed by atoms with Crippen molar-refractivity contribution in [1.82, 2.24) is 0 Å². The van der Waals surface area contributed by atoms with Gasteiger partial charge in [0.1, 0.15) is 0 Å². The number of allylic oxidation sites excluding steroid dienone is 9. The van der Waals surface area contributed by atoms with Gasteiger partial charge in [0.05, 0.1) is 0 Å². The molecule has 0 aliphatic rings. The van der Waals surface area contributed by atoms with Crippen molar-refractivity contribution in [2.24, 2.45) is 0 Å². The van der Waals surface area contributed by atoms with Crippen molar-refractivity contribution < 1.29 is 0 Å². The van der Waals surface area contributed by atoms with E-state index in [4.69, 9.17) is 0 Å². The zero-order chi connectivity index (χ0) is 18.8. The van der Waals surface area contributed by atoms with E-state index in [1.165, 1.54) is 11.1 Å². The minimum Gasteiger partial charge on any atom is -0.0991 e. The van der Waals surface area contributed by atoms with Crippen LogP contribution >= 0.6 is 0 Å². The first-order valence-electron chi connectivity index (χ1n) is 8.63. The Labute approximate surface area is 142 Å². The third-order valence-electron chi connectivity index (χ3n) is 1.71. The summed E-state index contributed by atoms with van der Waals surface area (Å²) >= 11 is 0. The molecule has 0 saturated carbocycles. The summed E-state index contributed by atoms with van der Waals surface area (Å²) in [6.45, 7) is 29.1. The highest BCUT2D eigenvalue weighted by atomic mass is 14.0. The maximum Gasteiger partial charge on any atom is -0.00670 e. The summed E-state index contributed by atoms with van der Waals surface area (Å²) in [5, 5.41) is 0. The average molecular weight is 307 g/mol. The Hall–Kier alpha value is -1.56. The molecule has 0 rings (SSSR count). The zero-order valence-electron chi connectivity index (χ0n) is 16.9. The molecule has 0 nitrogen and oxygen atoms in total. The predicted octanol–water partition coefficient (Wildman–Crippen LogP) is 8.47. The van der Waals surface area contributed by atoms with E-state index in [1.54, 1.807) is 12.2 Å². The molecule has 0 amide bonds. The predicted molar refractivity (Wildman–Crippen MR) is 112 cm³/mol. The van der Waals surface area contributed by atoms with E-state index in [2.05, 4.69) is 32.7 Å². The van der Waals surface area contributed by atoms with Crippen LogP contribution in [0.3, 0.4) is 0 Å². The first-order valence-corrected chi connectivity index (χ1v) is 8.63. The fraction of sp³-hybridized carbons (Fsp3) is 0.455. The highest BCUT2D eigenvalue weighted by Crippen LogP contribution is 2.11. The SMILES string of the molecule is C=C/C=C\C=C(/C)C/C(C=C)=C/C=C.CC.CC.CC.CC. The van der Waals surface area contributed by atoms with Crippen molar-refractivity contribution in [2.75, 3.05) is 0 Å². The van der Waals surface area contributed by atoms with Crippen molar-refractivity contribution in [3.63, 3.8) is 0 Å². The van der Waals surface area contributed by atoms with Crippen molar-refractivity contribution in [3.8, 4) is 0 Å². The molecule has 0 saturated heterocycles. The Balaban J connectivity index is -0.000000103. The van der Waals surface area contributed by atoms with Gasteiger partial charge in [0, 0.05) is 0 Å². The first-order chi connectivity index (χ1) is 10.7. The van der Waals surface area contributed by atoms with Crippen LogP contribution in [0.25, 0.3) is 0 Å². The van der Waals surface area contributed by atoms with E-state index in [1.807, 2.05) is 79.7 Å². The van der Waals surface area contributed by atoms with Gasteiger partial charge in [-0.25, -0.2) is 0 Å². The molecule has 0 unspecified atom stereocenters. The van der Waals surface area contributed by atoms with E-state index in [0.717, 1.165) is 6.42 Å². The van der Waals surface area contributed by atoms with Crippen molar-refractivity contribution in [2.45, 2.75) is 68.7 Å². The molecule has 0 aliphatic carbocycles. The van der Waals surface area contributed by atoms with Crippen LogP contribution < -0.4 is 0 Å². The van der Waals surface area contributed by atoms with Gasteiger partial charge in [0.25, 0.3) is 0 Å². The van der Waals surface area contributed by atoms with Crippen molar-refractivity contribution in [1.29, 1.82) is 0 Å². The Kier molecular flexibility index (Phi) is 62.9. The summed E-state index contributed by atoms with van der Waals surface area (Å²) in [6.07, 6.45) is 14.3. The highest BCUT2D eigenvalue weighted by molar-refractivity contribution is 5.28. The van der Waals surface area contributed by atoms with E-state index in [0.29, 0.717) is 0 Å². The van der Waals surface area contributed by atoms with E-state index in [-0.39, 0.29) is 0 Å². The second-order valence-electron chi connectivity index (χ2n) is 2.99. The van der Waals surface area contributed by atoms with Gasteiger partial charge in [-0.2, -0.15) is 0 Å². The summed E-state index contributed by atoms with van der Waals surface area (Å²) in [6, 6.07) is 0. The molecule has 0 aromatic carbocycles. The largest absolute Gasteiger partial charge is 0.0991 e. The number of rotatable bonds is 6. The highest BCUT2D eigenvalue weighted by Gasteiger charge is 1.91. The molecule has 0 heterocycles. The van der Waals surface area contributed by atoms with E-state index < -0.39 is 0 Å². The molecule has 0 N–H and O–H groups in total. The monoisotopic (exact) mass is 306 g/mol. The summed E-state index contributed by atoms with van der Waals surface area (Å²) in [4.78, 5) is 0. The molecule has 0 atom stereocenters. The molecule has 0 aliphatic heterocycles. The Bertz CT molecular complexity index is 285. The molecule has 22 heavy (non-hydrogen) atoms. The minimum absolute atomic E-state index is 0.914. The normalized spacial score (nSPS) is 9.32. The van der Waals surface area contributed by atoms with Gasteiger partial charge in [-0.05, 0) is 18.9 Å². The summed E-state index contributed by atoms with van der Waals surface area (Å²) in [7, 11) is 0. The quantitative estimate of drug-likeness (QED) is 0.432. The summed E-state index contributed by atoms with van der Waals surface area (Å²) in [5.41, 5.74) is 2.47. The molecule has 0 bridgehead atoms.